The molecule has 1 aliphatic heterocycles. The van der Waals surface area contributed by atoms with E-state index < -0.39 is 0 Å². The average Bonchev–Trinajstić information content (AvgIpc) is 3.37. The van der Waals surface area contributed by atoms with Gasteiger partial charge in [0.25, 0.3) is 0 Å². The van der Waals surface area contributed by atoms with Crippen LogP contribution >= 0.6 is 0 Å². The SMILES string of the molecule is COc1cc(/C=C2\C[C@@H]3[C@@H]4CC[C@H]5C[C@@H](O)CC[C@]5(C)[C@@H]4CC[C@]3(C)C2=O)cc2c1OCO2. The predicted octanol–water partition coefficient (Wildman–Crippen LogP) is 5.39. The first-order valence-corrected chi connectivity index (χ1v) is 12.7. The number of hydrogen-bond donors (Lipinski definition) is 1. The van der Waals surface area contributed by atoms with Gasteiger partial charge in [0.1, 0.15) is 0 Å². The van der Waals surface area contributed by atoms with E-state index in [4.69, 9.17) is 14.2 Å². The van der Waals surface area contributed by atoms with E-state index in [-0.39, 0.29) is 18.3 Å². The molecule has 7 atom stereocenters. The third-order valence-corrected chi connectivity index (χ3v) is 10.3. The number of fused-ring (bicyclic) bond motifs is 6. The lowest BCUT2D eigenvalue weighted by atomic mass is 9.45. The molecule has 4 saturated carbocycles. The molecule has 5 nitrogen and oxygen atoms in total. The van der Waals surface area contributed by atoms with Crippen molar-refractivity contribution in [2.75, 3.05) is 13.9 Å². The topological polar surface area (TPSA) is 65.0 Å². The van der Waals surface area contributed by atoms with Gasteiger partial charge in [0.15, 0.2) is 17.3 Å². The van der Waals surface area contributed by atoms with Gasteiger partial charge in [-0.1, -0.05) is 13.8 Å². The van der Waals surface area contributed by atoms with Crippen molar-refractivity contribution in [1.29, 1.82) is 0 Å². The summed E-state index contributed by atoms with van der Waals surface area (Å²) < 4.78 is 16.6. The molecule has 0 radical (unpaired) electrons. The molecule has 0 unspecified atom stereocenters. The number of carbonyl (C=O) groups excluding carboxylic acids is 1. The van der Waals surface area contributed by atoms with Crippen LogP contribution in [-0.2, 0) is 4.79 Å². The van der Waals surface area contributed by atoms with E-state index >= 15 is 0 Å². The highest BCUT2D eigenvalue weighted by atomic mass is 16.7. The fourth-order valence-electron chi connectivity index (χ4n) is 8.47. The second-order valence-corrected chi connectivity index (χ2v) is 11.7. The van der Waals surface area contributed by atoms with Crippen LogP contribution in [0.1, 0.15) is 70.8 Å². The third kappa shape index (κ3) is 3.10. The summed E-state index contributed by atoms with van der Waals surface area (Å²) in [4.78, 5) is 13.7. The maximum atomic E-state index is 13.7. The molecule has 0 aromatic heterocycles. The van der Waals surface area contributed by atoms with E-state index in [2.05, 4.69) is 19.9 Å². The first-order chi connectivity index (χ1) is 15.8. The largest absolute Gasteiger partial charge is 0.493 e. The van der Waals surface area contributed by atoms with Crippen LogP contribution in [0.15, 0.2) is 17.7 Å². The molecule has 178 valence electrons. The van der Waals surface area contributed by atoms with E-state index in [0.29, 0.717) is 52.1 Å². The van der Waals surface area contributed by atoms with Gasteiger partial charge in [0.05, 0.1) is 13.2 Å². The van der Waals surface area contributed by atoms with E-state index in [9.17, 15) is 9.90 Å². The lowest BCUT2D eigenvalue weighted by molar-refractivity contribution is -0.141. The zero-order valence-corrected chi connectivity index (χ0v) is 20.1. The molecular formula is C28H36O5. The van der Waals surface area contributed by atoms with Crippen molar-refractivity contribution < 1.29 is 24.1 Å². The monoisotopic (exact) mass is 452 g/mol. The molecule has 0 saturated heterocycles. The van der Waals surface area contributed by atoms with Gasteiger partial charge < -0.3 is 19.3 Å². The second kappa shape index (κ2) is 7.49. The number of aliphatic hydroxyl groups excluding tert-OH is 1. The number of ether oxygens (including phenoxy) is 3. The van der Waals surface area contributed by atoms with Gasteiger partial charge in [-0.2, -0.15) is 0 Å². The highest BCUT2D eigenvalue weighted by Crippen LogP contribution is 2.66. The summed E-state index contributed by atoms with van der Waals surface area (Å²) in [5.41, 5.74) is 1.97. The molecule has 1 N–H and O–H groups in total. The fourth-order valence-corrected chi connectivity index (χ4v) is 8.47. The van der Waals surface area contributed by atoms with Gasteiger partial charge >= 0.3 is 0 Å². The molecule has 1 aromatic rings. The number of aliphatic hydroxyl groups is 1. The predicted molar refractivity (Wildman–Crippen MR) is 125 cm³/mol. The average molecular weight is 453 g/mol. The molecule has 4 fully saturated rings. The van der Waals surface area contributed by atoms with Gasteiger partial charge in [-0.15, -0.1) is 0 Å². The van der Waals surface area contributed by atoms with Gasteiger partial charge in [0.2, 0.25) is 12.5 Å². The lowest BCUT2D eigenvalue weighted by Gasteiger charge is -2.59. The summed E-state index contributed by atoms with van der Waals surface area (Å²) >= 11 is 0. The van der Waals surface area contributed by atoms with Crippen molar-refractivity contribution in [3.63, 3.8) is 0 Å². The molecule has 5 aliphatic rings. The van der Waals surface area contributed by atoms with Crippen LogP contribution in [0, 0.1) is 34.5 Å². The number of hydrogen-bond acceptors (Lipinski definition) is 5. The maximum absolute atomic E-state index is 13.7. The molecule has 5 heteroatoms. The molecule has 4 aliphatic carbocycles. The van der Waals surface area contributed by atoms with Crippen LogP contribution in [-0.4, -0.2) is 30.9 Å². The summed E-state index contributed by atoms with van der Waals surface area (Å²) in [5, 5.41) is 10.3. The zero-order chi connectivity index (χ0) is 23.0. The number of benzene rings is 1. The van der Waals surface area contributed by atoms with Crippen LogP contribution in [0.2, 0.25) is 0 Å². The van der Waals surface area contributed by atoms with Crippen molar-refractivity contribution >= 4 is 11.9 Å². The minimum Gasteiger partial charge on any atom is -0.493 e. The first-order valence-electron chi connectivity index (χ1n) is 12.7. The van der Waals surface area contributed by atoms with Crippen molar-refractivity contribution in [1.82, 2.24) is 0 Å². The molecule has 1 heterocycles. The van der Waals surface area contributed by atoms with E-state index in [1.54, 1.807) is 7.11 Å². The quantitative estimate of drug-likeness (QED) is 0.610. The molecular weight excluding hydrogens is 416 g/mol. The molecule has 33 heavy (non-hydrogen) atoms. The molecule has 6 rings (SSSR count). The third-order valence-electron chi connectivity index (χ3n) is 10.3. The van der Waals surface area contributed by atoms with Crippen molar-refractivity contribution in [2.45, 2.75) is 71.3 Å². The number of rotatable bonds is 2. The zero-order valence-electron chi connectivity index (χ0n) is 20.1. The summed E-state index contributed by atoms with van der Waals surface area (Å²) in [7, 11) is 1.63. The normalized spacial score (nSPS) is 42.6. The molecule has 0 bridgehead atoms. The molecule has 0 spiro atoms. The Balaban J connectivity index is 1.31. The van der Waals surface area contributed by atoms with Crippen LogP contribution in [0.5, 0.6) is 17.2 Å². The Morgan fingerprint density at radius 1 is 1.09 bits per heavy atom. The van der Waals surface area contributed by atoms with Gasteiger partial charge in [0, 0.05) is 5.41 Å². The minimum atomic E-state index is -0.245. The van der Waals surface area contributed by atoms with Crippen molar-refractivity contribution in [3.8, 4) is 17.2 Å². The Morgan fingerprint density at radius 2 is 1.94 bits per heavy atom. The van der Waals surface area contributed by atoms with E-state index in [1.807, 2.05) is 12.1 Å². The highest BCUT2D eigenvalue weighted by molar-refractivity contribution is 6.06. The Morgan fingerprint density at radius 3 is 2.76 bits per heavy atom. The second-order valence-electron chi connectivity index (χ2n) is 11.7. The van der Waals surface area contributed by atoms with Crippen molar-refractivity contribution in [2.24, 2.45) is 34.5 Å². The van der Waals surface area contributed by atoms with Crippen LogP contribution in [0.4, 0.5) is 0 Å². The number of carbonyl (C=O) groups is 1. The number of allylic oxidation sites excluding steroid dienone is 1. The lowest BCUT2D eigenvalue weighted by Crippen LogP contribution is -2.54. The van der Waals surface area contributed by atoms with Gasteiger partial charge in [-0.05, 0) is 110 Å². The molecule has 0 amide bonds. The Kier molecular flexibility index (Phi) is 4.89. The number of ketones is 1. The van der Waals surface area contributed by atoms with E-state index in [1.165, 1.54) is 12.8 Å². The maximum Gasteiger partial charge on any atom is 0.231 e. The summed E-state index contributed by atoms with van der Waals surface area (Å²) in [6.45, 7) is 4.93. The first kappa shape index (κ1) is 21.5. The van der Waals surface area contributed by atoms with Crippen LogP contribution in [0.3, 0.4) is 0 Å². The Labute approximate surface area is 196 Å². The van der Waals surface area contributed by atoms with Crippen LogP contribution in [0.25, 0.3) is 6.08 Å². The molecule has 1 aromatic carbocycles. The number of methoxy groups -OCH3 is 1. The summed E-state index contributed by atoms with van der Waals surface area (Å²) in [5.74, 6) is 4.67. The smallest absolute Gasteiger partial charge is 0.231 e. The Hall–Kier alpha value is -2.01. The van der Waals surface area contributed by atoms with Gasteiger partial charge in [-0.3, -0.25) is 4.79 Å². The minimum absolute atomic E-state index is 0.116. The van der Waals surface area contributed by atoms with Gasteiger partial charge in [-0.25, -0.2) is 0 Å². The Bertz CT molecular complexity index is 1010. The summed E-state index contributed by atoms with van der Waals surface area (Å²) in [6.07, 6.45) is 10.4. The standard InChI is InChI=1S/C28H36O5/c1-27-8-6-19(29)14-18(27)4-5-20-21(27)7-9-28(2)22(20)13-17(26(28)30)10-16-11-23(31-3)25-24(12-16)32-15-33-25/h10-12,18-22,29H,4-9,13-15H2,1-3H3/b17-10+/t18-,19-,20+,21+,22+,27-,28-/m0/s1. The fraction of sp³-hybridized carbons (Fsp3) is 0.679. The van der Waals surface area contributed by atoms with Crippen LogP contribution < -0.4 is 14.2 Å². The summed E-state index contributed by atoms with van der Waals surface area (Å²) in [6, 6.07) is 3.90. The van der Waals surface area contributed by atoms with Crippen molar-refractivity contribution in [3.05, 3.63) is 23.3 Å². The highest BCUT2D eigenvalue weighted by Gasteiger charge is 2.61. The number of Topliss-reactive ketones (excluding diaryl/α,β-unsaturated/α-hetero) is 1. The van der Waals surface area contributed by atoms with E-state index in [0.717, 1.165) is 49.7 Å².